The third-order valence-electron chi connectivity index (χ3n) is 2.74. The van der Waals surface area contributed by atoms with Crippen LogP contribution < -0.4 is 0 Å². The Bertz CT molecular complexity index is 737. The fourth-order valence-electron chi connectivity index (χ4n) is 1.76. The molecule has 0 unspecified atom stereocenters. The maximum Gasteiger partial charge on any atom is 0.304 e. The second-order valence-electron chi connectivity index (χ2n) is 4.09. The molecule has 2 aromatic rings. The van der Waals surface area contributed by atoms with E-state index in [0.29, 0.717) is 10.4 Å². The van der Waals surface area contributed by atoms with Gasteiger partial charge in [-0.05, 0) is 23.6 Å². The number of rotatable bonds is 4. The average Bonchev–Trinajstić information content (AvgIpc) is 2.36. The molecule has 0 aromatic heterocycles. The van der Waals surface area contributed by atoms with E-state index >= 15 is 0 Å². The molecular weight excluding hydrogens is 288 g/mol. The Balaban J connectivity index is 2.43. The summed E-state index contributed by atoms with van der Waals surface area (Å²) in [5, 5.41) is 10.6. The first-order valence-electron chi connectivity index (χ1n) is 5.53. The summed E-state index contributed by atoms with van der Waals surface area (Å²) in [4.78, 5) is 10.6. The Hall–Kier alpha value is -1.59. The second-order valence-corrected chi connectivity index (χ2v) is 6.60. The molecule has 0 heterocycles. The number of hydrogen-bond donors (Lipinski definition) is 1. The van der Waals surface area contributed by atoms with Gasteiger partial charge in [-0.2, -0.15) is 0 Å². The number of carbonyl (C=O) groups is 1. The number of aliphatic carboxylic acids is 1. The Labute approximate surface area is 115 Å². The van der Waals surface area contributed by atoms with Crippen LogP contribution in [0.25, 0.3) is 10.8 Å². The van der Waals surface area contributed by atoms with Crippen molar-refractivity contribution in [2.75, 3.05) is 5.75 Å². The van der Waals surface area contributed by atoms with Crippen molar-refractivity contribution in [3.05, 3.63) is 41.4 Å². The van der Waals surface area contributed by atoms with Crippen molar-refractivity contribution in [1.29, 1.82) is 0 Å². The summed E-state index contributed by atoms with van der Waals surface area (Å²) in [6.45, 7) is 0. The molecule has 0 saturated heterocycles. The predicted octanol–water partition coefficient (Wildman–Crippen LogP) is 2.74. The van der Waals surface area contributed by atoms with E-state index in [1.807, 2.05) is 0 Å². The second kappa shape index (κ2) is 5.19. The monoisotopic (exact) mass is 298 g/mol. The van der Waals surface area contributed by atoms with Gasteiger partial charge >= 0.3 is 5.97 Å². The van der Waals surface area contributed by atoms with Crippen molar-refractivity contribution >= 4 is 38.2 Å². The Kier molecular flexibility index (Phi) is 3.78. The minimum Gasteiger partial charge on any atom is -0.481 e. The number of benzene rings is 2. The molecule has 6 heteroatoms. The highest BCUT2D eigenvalue weighted by Crippen LogP contribution is 2.26. The van der Waals surface area contributed by atoms with E-state index in [9.17, 15) is 13.2 Å². The zero-order valence-corrected chi connectivity index (χ0v) is 11.4. The number of sulfone groups is 1. The van der Waals surface area contributed by atoms with Gasteiger partial charge in [-0.15, -0.1) is 0 Å². The average molecular weight is 299 g/mol. The molecule has 4 nitrogen and oxygen atoms in total. The summed E-state index contributed by atoms with van der Waals surface area (Å²) in [6, 6.07) is 9.81. The number of hydrogen-bond acceptors (Lipinski definition) is 3. The van der Waals surface area contributed by atoms with Crippen molar-refractivity contribution in [2.24, 2.45) is 0 Å². The summed E-state index contributed by atoms with van der Waals surface area (Å²) in [7, 11) is -3.58. The molecule has 0 atom stereocenters. The zero-order valence-electron chi connectivity index (χ0n) is 9.84. The highest BCUT2D eigenvalue weighted by Gasteiger charge is 2.16. The van der Waals surface area contributed by atoms with Crippen LogP contribution in [0.3, 0.4) is 0 Å². The summed E-state index contributed by atoms with van der Waals surface area (Å²) in [5.74, 6) is -1.54. The Morgan fingerprint density at radius 1 is 1.21 bits per heavy atom. The fourth-order valence-corrected chi connectivity index (χ4v) is 3.26. The highest BCUT2D eigenvalue weighted by atomic mass is 35.5. The molecule has 0 aliphatic heterocycles. The van der Waals surface area contributed by atoms with Crippen molar-refractivity contribution in [3.8, 4) is 0 Å². The van der Waals surface area contributed by atoms with Gasteiger partial charge in [0.25, 0.3) is 0 Å². The SMILES string of the molecule is O=C(O)CCS(=O)(=O)c1ccc2c(Cl)cccc2c1. The quantitative estimate of drug-likeness (QED) is 0.942. The number of carboxylic acids is 1. The van der Waals surface area contributed by atoms with E-state index in [1.165, 1.54) is 12.1 Å². The largest absolute Gasteiger partial charge is 0.481 e. The Morgan fingerprint density at radius 3 is 2.63 bits per heavy atom. The molecular formula is C13H11ClO4S. The molecule has 19 heavy (non-hydrogen) atoms. The molecule has 2 rings (SSSR count). The number of halogens is 1. The van der Waals surface area contributed by atoms with Crippen LogP contribution in [0.5, 0.6) is 0 Å². The van der Waals surface area contributed by atoms with Gasteiger partial charge in [0.2, 0.25) is 0 Å². The maximum atomic E-state index is 12.0. The van der Waals surface area contributed by atoms with Crippen LogP contribution in [-0.4, -0.2) is 25.2 Å². The van der Waals surface area contributed by atoms with E-state index in [-0.39, 0.29) is 4.90 Å². The van der Waals surface area contributed by atoms with E-state index in [4.69, 9.17) is 16.7 Å². The van der Waals surface area contributed by atoms with E-state index in [0.717, 1.165) is 5.39 Å². The maximum absolute atomic E-state index is 12.0. The van der Waals surface area contributed by atoms with Crippen LogP contribution in [0.1, 0.15) is 6.42 Å². The first kappa shape index (κ1) is 13.8. The molecule has 0 aliphatic rings. The van der Waals surface area contributed by atoms with Gasteiger partial charge in [-0.3, -0.25) is 4.79 Å². The van der Waals surface area contributed by atoms with Gasteiger partial charge in [0, 0.05) is 10.4 Å². The standard InChI is InChI=1S/C13H11ClO4S/c14-12-3-1-2-9-8-10(4-5-11(9)12)19(17,18)7-6-13(15)16/h1-5,8H,6-7H2,(H,15,16). The molecule has 2 aromatic carbocycles. The fraction of sp³-hybridized carbons (Fsp3) is 0.154. The van der Waals surface area contributed by atoms with E-state index < -0.39 is 28.0 Å². The van der Waals surface area contributed by atoms with Crippen molar-refractivity contribution in [1.82, 2.24) is 0 Å². The van der Waals surface area contributed by atoms with Crippen molar-refractivity contribution in [3.63, 3.8) is 0 Å². The molecule has 0 bridgehead atoms. The lowest BCUT2D eigenvalue weighted by molar-refractivity contribution is -0.136. The van der Waals surface area contributed by atoms with Gasteiger partial charge in [0.1, 0.15) is 0 Å². The van der Waals surface area contributed by atoms with Crippen LogP contribution >= 0.6 is 11.6 Å². The Morgan fingerprint density at radius 2 is 1.95 bits per heavy atom. The van der Waals surface area contributed by atoms with Crippen molar-refractivity contribution in [2.45, 2.75) is 11.3 Å². The molecule has 0 spiro atoms. The molecule has 0 radical (unpaired) electrons. The lowest BCUT2D eigenvalue weighted by atomic mass is 10.1. The lowest BCUT2D eigenvalue weighted by Crippen LogP contribution is -2.10. The lowest BCUT2D eigenvalue weighted by Gasteiger charge is -2.05. The third-order valence-corrected chi connectivity index (χ3v) is 4.79. The van der Waals surface area contributed by atoms with Crippen LogP contribution in [0.4, 0.5) is 0 Å². The molecule has 1 N–H and O–H groups in total. The first-order valence-corrected chi connectivity index (χ1v) is 7.56. The minimum absolute atomic E-state index is 0.114. The molecule has 0 fully saturated rings. The van der Waals surface area contributed by atoms with Gasteiger partial charge in [-0.25, -0.2) is 8.42 Å². The number of fused-ring (bicyclic) bond motifs is 1. The van der Waals surface area contributed by atoms with Crippen LogP contribution in [-0.2, 0) is 14.6 Å². The summed E-state index contributed by atoms with van der Waals surface area (Å²) < 4.78 is 23.9. The van der Waals surface area contributed by atoms with Gasteiger partial charge < -0.3 is 5.11 Å². The zero-order chi connectivity index (χ0) is 14.0. The molecule has 0 saturated carbocycles. The molecule has 100 valence electrons. The third kappa shape index (κ3) is 3.05. The van der Waals surface area contributed by atoms with E-state index in [2.05, 4.69) is 0 Å². The van der Waals surface area contributed by atoms with Crippen LogP contribution in [0.15, 0.2) is 41.3 Å². The smallest absolute Gasteiger partial charge is 0.304 e. The number of carboxylic acid groups (broad SMARTS) is 1. The molecule has 0 aliphatic carbocycles. The van der Waals surface area contributed by atoms with Gasteiger partial charge in [-0.1, -0.05) is 29.8 Å². The van der Waals surface area contributed by atoms with Crippen LogP contribution in [0.2, 0.25) is 5.02 Å². The van der Waals surface area contributed by atoms with Gasteiger partial charge in [0.05, 0.1) is 17.1 Å². The van der Waals surface area contributed by atoms with E-state index in [1.54, 1.807) is 24.3 Å². The van der Waals surface area contributed by atoms with Crippen molar-refractivity contribution < 1.29 is 18.3 Å². The van der Waals surface area contributed by atoms with Crippen LogP contribution in [0, 0.1) is 0 Å². The summed E-state index contributed by atoms with van der Waals surface area (Å²) in [5.41, 5.74) is 0. The normalized spacial score (nSPS) is 11.6. The summed E-state index contributed by atoms with van der Waals surface area (Å²) in [6.07, 6.45) is -0.407. The topological polar surface area (TPSA) is 71.4 Å². The van der Waals surface area contributed by atoms with Gasteiger partial charge in [0.15, 0.2) is 9.84 Å². The first-order chi connectivity index (χ1) is 8.90. The molecule has 0 amide bonds. The summed E-state index contributed by atoms with van der Waals surface area (Å²) >= 11 is 6.00. The predicted molar refractivity (Wildman–Crippen MR) is 73.3 cm³/mol. The minimum atomic E-state index is -3.58. The highest BCUT2D eigenvalue weighted by molar-refractivity contribution is 7.91.